The van der Waals surface area contributed by atoms with Crippen molar-refractivity contribution in [3.05, 3.63) is 42.2 Å². The van der Waals surface area contributed by atoms with Gasteiger partial charge in [-0.05, 0) is 24.3 Å². The fourth-order valence-electron chi connectivity index (χ4n) is 2.02. The van der Waals surface area contributed by atoms with Gasteiger partial charge in [-0.15, -0.1) is 0 Å². The van der Waals surface area contributed by atoms with E-state index in [1.165, 1.54) is 18.4 Å². The van der Waals surface area contributed by atoms with E-state index in [2.05, 4.69) is 28.2 Å². The van der Waals surface area contributed by atoms with Crippen LogP contribution in [0.5, 0.6) is 0 Å². The largest absolute Gasteiger partial charge is 0.382 e. The van der Waals surface area contributed by atoms with Crippen LogP contribution in [0.15, 0.2) is 36.7 Å². The molecule has 1 aromatic heterocycles. The number of hydrogen-bond acceptors (Lipinski definition) is 3. The summed E-state index contributed by atoms with van der Waals surface area (Å²) in [7, 11) is 0. The van der Waals surface area contributed by atoms with Crippen molar-refractivity contribution in [2.45, 2.75) is 18.8 Å². The Bertz CT molecular complexity index is 518. The number of aromatic nitrogens is 2. The average molecular weight is 211 g/mol. The van der Waals surface area contributed by atoms with Crippen LogP contribution in [0.1, 0.15) is 24.3 Å². The zero-order valence-electron chi connectivity index (χ0n) is 8.93. The van der Waals surface area contributed by atoms with Gasteiger partial charge in [0.1, 0.15) is 11.5 Å². The molecule has 1 aromatic carbocycles. The Hall–Kier alpha value is -1.90. The first-order valence-corrected chi connectivity index (χ1v) is 5.52. The van der Waals surface area contributed by atoms with E-state index in [0.29, 0.717) is 11.7 Å². The highest BCUT2D eigenvalue weighted by Gasteiger charge is 2.26. The van der Waals surface area contributed by atoms with Crippen LogP contribution in [0.25, 0.3) is 11.3 Å². The van der Waals surface area contributed by atoms with Gasteiger partial charge in [-0.3, -0.25) is 4.98 Å². The molecule has 0 unspecified atom stereocenters. The van der Waals surface area contributed by atoms with Gasteiger partial charge in [0.2, 0.25) is 0 Å². The van der Waals surface area contributed by atoms with Crippen molar-refractivity contribution in [3.8, 4) is 11.3 Å². The van der Waals surface area contributed by atoms with Crippen LogP contribution in [-0.4, -0.2) is 9.97 Å². The molecule has 16 heavy (non-hydrogen) atoms. The maximum atomic E-state index is 5.87. The third-order valence-corrected chi connectivity index (χ3v) is 2.96. The highest BCUT2D eigenvalue weighted by atomic mass is 14.9. The van der Waals surface area contributed by atoms with Crippen LogP contribution in [0.3, 0.4) is 0 Å². The second-order valence-corrected chi connectivity index (χ2v) is 4.15. The normalized spacial score (nSPS) is 15.0. The maximum absolute atomic E-state index is 5.87. The lowest BCUT2D eigenvalue weighted by Gasteiger charge is -2.08. The van der Waals surface area contributed by atoms with Gasteiger partial charge in [-0.2, -0.15) is 0 Å². The third kappa shape index (κ3) is 1.54. The average Bonchev–Trinajstić information content (AvgIpc) is 3.14. The lowest BCUT2D eigenvalue weighted by molar-refractivity contribution is 1.12. The molecule has 0 aliphatic heterocycles. The Morgan fingerprint density at radius 1 is 1.06 bits per heavy atom. The SMILES string of the molecule is Nc1nccnc1-c1ccccc1C1CC1. The number of nitrogens with two attached hydrogens (primary N) is 1. The number of nitrogen functional groups attached to an aromatic ring is 1. The smallest absolute Gasteiger partial charge is 0.149 e. The van der Waals surface area contributed by atoms with Crippen molar-refractivity contribution in [3.63, 3.8) is 0 Å². The Morgan fingerprint density at radius 2 is 1.81 bits per heavy atom. The zero-order chi connectivity index (χ0) is 11.0. The molecule has 1 saturated carbocycles. The number of hydrogen-bond donors (Lipinski definition) is 1. The van der Waals surface area contributed by atoms with Crippen LogP contribution < -0.4 is 5.73 Å². The number of rotatable bonds is 2. The van der Waals surface area contributed by atoms with Crippen LogP contribution in [0, 0.1) is 0 Å². The highest BCUT2D eigenvalue weighted by Crippen LogP contribution is 2.44. The molecule has 0 bridgehead atoms. The predicted molar refractivity (Wildman–Crippen MR) is 63.9 cm³/mol. The quantitative estimate of drug-likeness (QED) is 0.830. The van der Waals surface area contributed by atoms with Crippen LogP contribution in [0.4, 0.5) is 5.82 Å². The first kappa shape index (κ1) is 9.33. The molecule has 2 N–H and O–H groups in total. The number of benzene rings is 1. The molecule has 0 amide bonds. The molecule has 3 rings (SSSR count). The number of anilines is 1. The van der Waals surface area contributed by atoms with Crippen LogP contribution >= 0.6 is 0 Å². The van der Waals surface area contributed by atoms with Crippen molar-refractivity contribution in [1.29, 1.82) is 0 Å². The Kier molecular flexibility index (Phi) is 2.10. The van der Waals surface area contributed by atoms with E-state index < -0.39 is 0 Å². The topological polar surface area (TPSA) is 51.8 Å². The molecule has 0 saturated heterocycles. The van der Waals surface area contributed by atoms with E-state index in [9.17, 15) is 0 Å². The monoisotopic (exact) mass is 211 g/mol. The fraction of sp³-hybridized carbons (Fsp3) is 0.231. The maximum Gasteiger partial charge on any atom is 0.149 e. The summed E-state index contributed by atoms with van der Waals surface area (Å²) in [5.41, 5.74) is 9.17. The molecule has 1 aliphatic carbocycles. The second kappa shape index (κ2) is 3.59. The summed E-state index contributed by atoms with van der Waals surface area (Å²) in [5.74, 6) is 1.20. The molecule has 80 valence electrons. The van der Waals surface area contributed by atoms with Crippen molar-refractivity contribution in [2.75, 3.05) is 5.73 Å². The molecule has 0 spiro atoms. The molecule has 0 atom stereocenters. The van der Waals surface area contributed by atoms with Crippen molar-refractivity contribution in [2.24, 2.45) is 0 Å². The summed E-state index contributed by atoms with van der Waals surface area (Å²) in [6.45, 7) is 0. The first-order chi connectivity index (χ1) is 7.86. The van der Waals surface area contributed by atoms with Gasteiger partial charge in [0.25, 0.3) is 0 Å². The third-order valence-electron chi connectivity index (χ3n) is 2.96. The predicted octanol–water partition coefficient (Wildman–Crippen LogP) is 2.60. The summed E-state index contributed by atoms with van der Waals surface area (Å²) in [6, 6.07) is 8.34. The van der Waals surface area contributed by atoms with Gasteiger partial charge >= 0.3 is 0 Å². The van der Waals surface area contributed by atoms with E-state index in [0.717, 1.165) is 11.3 Å². The van der Waals surface area contributed by atoms with Gasteiger partial charge in [0, 0.05) is 18.0 Å². The highest BCUT2D eigenvalue weighted by molar-refractivity contribution is 5.73. The Balaban J connectivity index is 2.15. The molecule has 1 aliphatic rings. The second-order valence-electron chi connectivity index (χ2n) is 4.15. The van der Waals surface area contributed by atoms with Crippen LogP contribution in [0.2, 0.25) is 0 Å². The summed E-state index contributed by atoms with van der Waals surface area (Å²) in [5, 5.41) is 0. The fourth-order valence-corrected chi connectivity index (χ4v) is 2.02. The van der Waals surface area contributed by atoms with Gasteiger partial charge in [0.05, 0.1) is 0 Å². The van der Waals surface area contributed by atoms with E-state index in [1.807, 2.05) is 6.07 Å². The minimum absolute atomic E-state index is 0.510. The molecule has 1 fully saturated rings. The number of nitrogens with zero attached hydrogens (tertiary/aromatic N) is 2. The molecular weight excluding hydrogens is 198 g/mol. The summed E-state index contributed by atoms with van der Waals surface area (Å²) >= 11 is 0. The standard InChI is InChI=1S/C13H13N3/c14-13-12(15-7-8-16-13)11-4-2-1-3-10(11)9-5-6-9/h1-4,7-9H,5-6H2,(H2,14,16). The molecule has 1 heterocycles. The van der Waals surface area contributed by atoms with Gasteiger partial charge in [0.15, 0.2) is 0 Å². The Labute approximate surface area is 94.4 Å². The lowest BCUT2D eigenvalue weighted by atomic mass is 10.0. The molecular formula is C13H13N3. The van der Waals surface area contributed by atoms with Gasteiger partial charge in [-0.25, -0.2) is 4.98 Å². The molecule has 0 radical (unpaired) electrons. The zero-order valence-corrected chi connectivity index (χ0v) is 8.93. The lowest BCUT2D eigenvalue weighted by Crippen LogP contribution is -1.98. The molecule has 3 heteroatoms. The summed E-state index contributed by atoms with van der Waals surface area (Å²) in [4.78, 5) is 8.42. The van der Waals surface area contributed by atoms with Crippen LogP contribution in [-0.2, 0) is 0 Å². The van der Waals surface area contributed by atoms with E-state index in [4.69, 9.17) is 5.73 Å². The molecule has 3 nitrogen and oxygen atoms in total. The van der Waals surface area contributed by atoms with E-state index in [-0.39, 0.29) is 0 Å². The van der Waals surface area contributed by atoms with Crippen molar-refractivity contribution >= 4 is 5.82 Å². The minimum atomic E-state index is 0.510. The summed E-state index contributed by atoms with van der Waals surface area (Å²) in [6.07, 6.45) is 5.86. The Morgan fingerprint density at radius 3 is 2.56 bits per heavy atom. The van der Waals surface area contributed by atoms with Crippen molar-refractivity contribution < 1.29 is 0 Å². The van der Waals surface area contributed by atoms with Gasteiger partial charge in [-0.1, -0.05) is 24.3 Å². The van der Waals surface area contributed by atoms with Crippen molar-refractivity contribution in [1.82, 2.24) is 9.97 Å². The van der Waals surface area contributed by atoms with E-state index >= 15 is 0 Å². The minimum Gasteiger partial charge on any atom is -0.382 e. The first-order valence-electron chi connectivity index (χ1n) is 5.52. The van der Waals surface area contributed by atoms with Gasteiger partial charge < -0.3 is 5.73 Å². The van der Waals surface area contributed by atoms with E-state index in [1.54, 1.807) is 12.4 Å². The summed E-state index contributed by atoms with van der Waals surface area (Å²) < 4.78 is 0. The molecule has 2 aromatic rings.